The Kier molecular flexibility index (Phi) is 5.98. The number of imidazole rings is 1. The molecule has 1 heterocycles. The summed E-state index contributed by atoms with van der Waals surface area (Å²) >= 11 is 6.33. The predicted octanol–water partition coefficient (Wildman–Crippen LogP) is 3.25. The molecule has 0 spiro atoms. The van der Waals surface area contributed by atoms with Crippen molar-refractivity contribution in [2.24, 2.45) is 0 Å². The van der Waals surface area contributed by atoms with Gasteiger partial charge in [0.2, 0.25) is 0 Å². The quantitative estimate of drug-likeness (QED) is 0.762. The lowest BCUT2D eigenvalue weighted by Crippen LogP contribution is -2.06. The minimum Gasteiger partial charge on any atom is -0.481 e. The lowest BCUT2D eigenvalue weighted by molar-refractivity contribution is -0.136. The summed E-state index contributed by atoms with van der Waals surface area (Å²) in [7, 11) is 0. The van der Waals surface area contributed by atoms with Gasteiger partial charge in [0.15, 0.2) is 0 Å². The van der Waals surface area contributed by atoms with Gasteiger partial charge in [-0.2, -0.15) is 0 Å². The van der Waals surface area contributed by atoms with Crippen molar-refractivity contribution >= 4 is 23.5 Å². The Morgan fingerprint density at radius 1 is 1.21 bits per heavy atom. The minimum atomic E-state index is -0.977. The van der Waals surface area contributed by atoms with Crippen LogP contribution in [0, 0.1) is 0 Å². The topological polar surface area (TPSA) is 92.4 Å². The van der Waals surface area contributed by atoms with Crippen LogP contribution in [0.15, 0.2) is 24.3 Å². The molecule has 1 aromatic heterocycles. The van der Waals surface area contributed by atoms with Crippen molar-refractivity contribution in [3.8, 4) is 0 Å². The molecule has 0 aliphatic heterocycles. The lowest BCUT2D eigenvalue weighted by Gasteiger charge is -2.09. The number of carboxylic acids is 2. The average molecular weight is 351 g/mol. The molecule has 0 aliphatic carbocycles. The Morgan fingerprint density at radius 3 is 2.42 bits per heavy atom. The Labute approximate surface area is 144 Å². The molecule has 2 N–H and O–H groups in total. The number of aromatic carboxylic acids is 1. The van der Waals surface area contributed by atoms with Crippen LogP contribution in [0.3, 0.4) is 0 Å². The maximum Gasteiger partial charge on any atom is 0.335 e. The maximum absolute atomic E-state index is 11.0. The van der Waals surface area contributed by atoms with Crippen molar-refractivity contribution < 1.29 is 19.8 Å². The molecule has 2 rings (SSSR count). The van der Waals surface area contributed by atoms with E-state index in [1.165, 1.54) is 12.1 Å². The van der Waals surface area contributed by atoms with E-state index in [0.29, 0.717) is 23.8 Å². The average Bonchev–Trinajstić information content (AvgIpc) is 2.81. The maximum atomic E-state index is 11.0. The second-order valence-electron chi connectivity index (χ2n) is 5.53. The zero-order valence-corrected chi connectivity index (χ0v) is 14.1. The predicted molar refractivity (Wildman–Crippen MR) is 89.7 cm³/mol. The molecule has 0 aliphatic rings. The van der Waals surface area contributed by atoms with Gasteiger partial charge in [0, 0.05) is 6.42 Å². The smallest absolute Gasteiger partial charge is 0.335 e. The standard InChI is InChI=1S/C17H19ClN2O4/c1-2-3-4-14-19-13(9-15(21)22)16(18)20(14)10-11-5-7-12(8-6-11)17(23)24/h5-8H,2-4,9-10H2,1H3,(H,21,22)(H,23,24). The first-order valence-electron chi connectivity index (χ1n) is 7.70. The van der Waals surface area contributed by atoms with E-state index in [-0.39, 0.29) is 12.0 Å². The molecule has 0 saturated carbocycles. The van der Waals surface area contributed by atoms with E-state index in [4.69, 9.17) is 21.8 Å². The summed E-state index contributed by atoms with van der Waals surface area (Å²) in [5, 5.41) is 18.2. The number of hydrogen-bond donors (Lipinski definition) is 2. The highest BCUT2D eigenvalue weighted by atomic mass is 35.5. The normalized spacial score (nSPS) is 10.8. The molecule has 0 fully saturated rings. The number of nitrogens with zero attached hydrogens (tertiary/aromatic N) is 2. The molecule has 0 atom stereocenters. The molecule has 0 saturated heterocycles. The van der Waals surface area contributed by atoms with Crippen LogP contribution in [0.1, 0.15) is 47.2 Å². The number of aromatic nitrogens is 2. The largest absolute Gasteiger partial charge is 0.481 e. The summed E-state index contributed by atoms with van der Waals surface area (Å²) in [6.07, 6.45) is 2.41. The highest BCUT2D eigenvalue weighted by Crippen LogP contribution is 2.22. The first kappa shape index (κ1) is 18.0. The first-order chi connectivity index (χ1) is 11.4. The van der Waals surface area contributed by atoms with E-state index < -0.39 is 11.9 Å². The van der Waals surface area contributed by atoms with Crippen LogP contribution in [-0.2, 0) is 24.2 Å². The number of carbonyl (C=O) groups is 2. The van der Waals surface area contributed by atoms with Gasteiger partial charge in [-0.1, -0.05) is 37.1 Å². The number of rotatable bonds is 8. The first-order valence-corrected chi connectivity index (χ1v) is 8.08. The van der Waals surface area contributed by atoms with Gasteiger partial charge in [-0.05, 0) is 24.1 Å². The fraction of sp³-hybridized carbons (Fsp3) is 0.353. The molecular weight excluding hydrogens is 332 g/mol. The number of halogens is 1. The number of aliphatic carboxylic acids is 1. The van der Waals surface area contributed by atoms with Crippen LogP contribution in [-0.4, -0.2) is 31.7 Å². The van der Waals surface area contributed by atoms with Crippen molar-refractivity contribution in [2.75, 3.05) is 0 Å². The van der Waals surface area contributed by atoms with Gasteiger partial charge in [-0.15, -0.1) is 0 Å². The third-order valence-electron chi connectivity index (χ3n) is 3.66. The molecule has 128 valence electrons. The fourth-order valence-corrected chi connectivity index (χ4v) is 2.68. The molecule has 0 bridgehead atoms. The van der Waals surface area contributed by atoms with Crippen LogP contribution in [0.4, 0.5) is 0 Å². The van der Waals surface area contributed by atoms with Gasteiger partial charge < -0.3 is 14.8 Å². The summed E-state index contributed by atoms with van der Waals surface area (Å²) in [4.78, 5) is 26.2. The van der Waals surface area contributed by atoms with Gasteiger partial charge in [0.1, 0.15) is 11.0 Å². The second-order valence-corrected chi connectivity index (χ2v) is 5.89. The van der Waals surface area contributed by atoms with Gasteiger partial charge in [-0.25, -0.2) is 9.78 Å². The molecule has 0 radical (unpaired) electrons. The molecule has 7 heteroatoms. The third kappa shape index (κ3) is 4.35. The van der Waals surface area contributed by atoms with E-state index >= 15 is 0 Å². The zero-order chi connectivity index (χ0) is 17.7. The zero-order valence-electron chi connectivity index (χ0n) is 13.3. The summed E-state index contributed by atoms with van der Waals surface area (Å²) in [6, 6.07) is 6.51. The Bertz CT molecular complexity index is 738. The molecule has 1 aromatic carbocycles. The van der Waals surface area contributed by atoms with E-state index in [2.05, 4.69) is 11.9 Å². The van der Waals surface area contributed by atoms with Crippen molar-refractivity contribution in [2.45, 2.75) is 39.2 Å². The number of carboxylic acid groups (broad SMARTS) is 2. The Morgan fingerprint density at radius 2 is 1.88 bits per heavy atom. The van der Waals surface area contributed by atoms with Crippen LogP contribution in [0.2, 0.25) is 5.15 Å². The fourth-order valence-electron chi connectivity index (χ4n) is 2.41. The van der Waals surface area contributed by atoms with Gasteiger partial charge in [-0.3, -0.25) is 4.79 Å². The van der Waals surface area contributed by atoms with E-state index in [9.17, 15) is 9.59 Å². The summed E-state index contributed by atoms with van der Waals surface area (Å²) < 4.78 is 1.80. The monoisotopic (exact) mass is 350 g/mol. The van der Waals surface area contributed by atoms with E-state index in [1.807, 2.05) is 0 Å². The number of aryl methyl sites for hydroxylation is 1. The van der Waals surface area contributed by atoms with Gasteiger partial charge in [0.05, 0.1) is 24.2 Å². The highest BCUT2D eigenvalue weighted by molar-refractivity contribution is 6.30. The molecular formula is C17H19ClN2O4. The van der Waals surface area contributed by atoms with Crippen LogP contribution in [0.5, 0.6) is 0 Å². The van der Waals surface area contributed by atoms with Crippen molar-refractivity contribution in [1.82, 2.24) is 9.55 Å². The van der Waals surface area contributed by atoms with E-state index in [0.717, 1.165) is 24.2 Å². The van der Waals surface area contributed by atoms with Crippen LogP contribution < -0.4 is 0 Å². The number of hydrogen-bond acceptors (Lipinski definition) is 3. The molecule has 2 aromatic rings. The number of unbranched alkanes of at least 4 members (excludes halogenated alkanes) is 1. The molecule has 0 unspecified atom stereocenters. The van der Waals surface area contributed by atoms with Crippen LogP contribution >= 0.6 is 11.6 Å². The molecule has 0 amide bonds. The Balaban J connectivity index is 2.30. The molecule has 6 nitrogen and oxygen atoms in total. The van der Waals surface area contributed by atoms with Gasteiger partial charge in [0.25, 0.3) is 0 Å². The second kappa shape index (κ2) is 7.97. The van der Waals surface area contributed by atoms with E-state index in [1.54, 1.807) is 16.7 Å². The summed E-state index contributed by atoms with van der Waals surface area (Å²) in [5.74, 6) is -1.20. The summed E-state index contributed by atoms with van der Waals surface area (Å²) in [6.45, 7) is 2.49. The molecule has 24 heavy (non-hydrogen) atoms. The summed E-state index contributed by atoms with van der Waals surface area (Å²) in [5.41, 5.74) is 1.45. The Hall–Kier alpha value is -2.34. The highest BCUT2D eigenvalue weighted by Gasteiger charge is 2.17. The third-order valence-corrected chi connectivity index (χ3v) is 4.09. The van der Waals surface area contributed by atoms with Crippen molar-refractivity contribution in [3.63, 3.8) is 0 Å². The lowest BCUT2D eigenvalue weighted by atomic mass is 10.1. The SMILES string of the molecule is CCCCc1nc(CC(=O)O)c(Cl)n1Cc1ccc(C(=O)O)cc1. The minimum absolute atomic E-state index is 0.216. The van der Waals surface area contributed by atoms with Crippen molar-refractivity contribution in [3.05, 3.63) is 52.1 Å². The van der Waals surface area contributed by atoms with Gasteiger partial charge >= 0.3 is 11.9 Å². The van der Waals surface area contributed by atoms with Crippen LogP contribution in [0.25, 0.3) is 0 Å². The number of benzene rings is 1. The van der Waals surface area contributed by atoms with Crippen molar-refractivity contribution in [1.29, 1.82) is 0 Å².